The van der Waals surface area contributed by atoms with Crippen molar-refractivity contribution in [3.8, 4) is 0 Å². The first kappa shape index (κ1) is 23.1. The third-order valence-electron chi connectivity index (χ3n) is 5.40. The summed E-state index contributed by atoms with van der Waals surface area (Å²) >= 11 is 5.78. The molecule has 14 heteroatoms. The summed E-state index contributed by atoms with van der Waals surface area (Å²) in [5.74, 6) is 0.223. The maximum Gasteiger partial charge on any atom is 0.232 e. The normalized spacial score (nSPS) is 18.0. The standard InChI is InChI=1S/C20H20N8O2S4/c29-15(5-13-7-31-9-21-13)23-19-27-25-17(33-19)11-2-1-3-12(4-11)18-26-28-20(34-18)24-16(30)6-14-8-32-10-22-14/h7-12H,1-6H2,(H,23,27,29)(H,24,28,30). The predicted molar refractivity (Wildman–Crippen MR) is 133 cm³/mol. The van der Waals surface area contributed by atoms with Gasteiger partial charge in [-0.25, -0.2) is 9.97 Å². The molecule has 2 unspecified atom stereocenters. The highest BCUT2D eigenvalue weighted by atomic mass is 32.1. The van der Waals surface area contributed by atoms with Crippen LogP contribution in [0, 0.1) is 0 Å². The van der Waals surface area contributed by atoms with Gasteiger partial charge in [-0.3, -0.25) is 9.59 Å². The second kappa shape index (κ2) is 10.7. The molecule has 1 aliphatic carbocycles. The fourth-order valence-electron chi connectivity index (χ4n) is 3.84. The van der Waals surface area contributed by atoms with Gasteiger partial charge in [-0.1, -0.05) is 29.1 Å². The molecular weight excluding hydrogens is 513 g/mol. The van der Waals surface area contributed by atoms with E-state index >= 15 is 0 Å². The zero-order valence-electron chi connectivity index (χ0n) is 17.8. The van der Waals surface area contributed by atoms with Gasteiger partial charge in [-0.05, 0) is 19.3 Å². The summed E-state index contributed by atoms with van der Waals surface area (Å²) in [4.78, 5) is 32.7. The Kier molecular flexibility index (Phi) is 7.27. The Morgan fingerprint density at radius 2 is 1.29 bits per heavy atom. The number of aromatic nitrogens is 6. The van der Waals surface area contributed by atoms with Crippen molar-refractivity contribution in [2.45, 2.75) is 50.4 Å². The molecule has 34 heavy (non-hydrogen) atoms. The lowest BCUT2D eigenvalue weighted by Crippen LogP contribution is -2.14. The van der Waals surface area contributed by atoms with Crippen LogP contribution in [0.15, 0.2) is 21.8 Å². The van der Waals surface area contributed by atoms with E-state index in [1.165, 1.54) is 45.3 Å². The summed E-state index contributed by atoms with van der Waals surface area (Å²) in [6.45, 7) is 0. The fraction of sp³-hybridized carbons (Fsp3) is 0.400. The molecule has 2 atom stereocenters. The Morgan fingerprint density at radius 3 is 1.74 bits per heavy atom. The highest BCUT2D eigenvalue weighted by Gasteiger charge is 2.29. The number of nitrogens with one attached hydrogen (secondary N) is 2. The molecule has 176 valence electrons. The number of amides is 2. The molecule has 5 rings (SSSR count). The second-order valence-corrected chi connectivity index (χ2v) is 11.3. The van der Waals surface area contributed by atoms with E-state index in [1.807, 2.05) is 10.8 Å². The van der Waals surface area contributed by atoms with Crippen molar-refractivity contribution >= 4 is 67.4 Å². The van der Waals surface area contributed by atoms with Gasteiger partial charge in [0.05, 0.1) is 35.3 Å². The van der Waals surface area contributed by atoms with Crippen molar-refractivity contribution in [1.82, 2.24) is 30.4 Å². The summed E-state index contributed by atoms with van der Waals surface area (Å²) in [7, 11) is 0. The van der Waals surface area contributed by atoms with Gasteiger partial charge in [0.15, 0.2) is 0 Å². The summed E-state index contributed by atoms with van der Waals surface area (Å²) in [5.41, 5.74) is 4.92. The number of nitrogens with zero attached hydrogens (tertiary/aromatic N) is 6. The van der Waals surface area contributed by atoms with Crippen LogP contribution in [0.2, 0.25) is 0 Å². The summed E-state index contributed by atoms with van der Waals surface area (Å²) in [5, 5.41) is 29.3. The number of hydrogen-bond donors (Lipinski definition) is 2. The quantitative estimate of drug-likeness (QED) is 0.346. The smallest absolute Gasteiger partial charge is 0.232 e. The monoisotopic (exact) mass is 532 g/mol. The van der Waals surface area contributed by atoms with Crippen LogP contribution in [-0.2, 0) is 22.4 Å². The van der Waals surface area contributed by atoms with Gasteiger partial charge in [0.1, 0.15) is 10.0 Å². The largest absolute Gasteiger partial charge is 0.300 e. The molecule has 1 fully saturated rings. The van der Waals surface area contributed by atoms with Crippen LogP contribution in [0.1, 0.15) is 58.9 Å². The Bertz CT molecular complexity index is 1140. The minimum Gasteiger partial charge on any atom is -0.300 e. The lowest BCUT2D eigenvalue weighted by atomic mass is 9.82. The van der Waals surface area contributed by atoms with Crippen molar-refractivity contribution in [2.75, 3.05) is 10.6 Å². The number of carbonyl (C=O) groups is 2. The highest BCUT2D eigenvalue weighted by molar-refractivity contribution is 7.15. The van der Waals surface area contributed by atoms with Crippen LogP contribution >= 0.6 is 45.3 Å². The lowest BCUT2D eigenvalue weighted by molar-refractivity contribution is -0.116. The van der Waals surface area contributed by atoms with E-state index in [-0.39, 0.29) is 36.5 Å². The van der Waals surface area contributed by atoms with Gasteiger partial charge in [0.2, 0.25) is 22.1 Å². The minimum atomic E-state index is -0.145. The van der Waals surface area contributed by atoms with E-state index in [2.05, 4.69) is 41.0 Å². The van der Waals surface area contributed by atoms with E-state index in [9.17, 15) is 9.59 Å². The van der Waals surface area contributed by atoms with Crippen LogP contribution in [0.4, 0.5) is 10.3 Å². The topological polar surface area (TPSA) is 136 Å². The van der Waals surface area contributed by atoms with Crippen molar-refractivity contribution in [3.05, 3.63) is 43.2 Å². The molecule has 0 aliphatic heterocycles. The van der Waals surface area contributed by atoms with Crippen LogP contribution in [0.25, 0.3) is 0 Å². The Balaban J connectivity index is 1.16. The van der Waals surface area contributed by atoms with E-state index < -0.39 is 0 Å². The number of carbonyl (C=O) groups excluding carboxylic acids is 2. The van der Waals surface area contributed by atoms with E-state index in [0.29, 0.717) is 10.3 Å². The molecule has 0 bridgehead atoms. The van der Waals surface area contributed by atoms with Gasteiger partial charge in [0.25, 0.3) is 0 Å². The number of hydrogen-bond acceptors (Lipinski definition) is 12. The molecule has 1 saturated carbocycles. The maximum atomic E-state index is 12.2. The molecule has 2 N–H and O–H groups in total. The molecular formula is C20H20N8O2S4. The third kappa shape index (κ3) is 5.87. The number of thiazole rings is 2. The molecule has 0 aromatic carbocycles. The van der Waals surface area contributed by atoms with E-state index in [4.69, 9.17) is 0 Å². The second-order valence-electron chi connectivity index (χ2n) is 7.86. The lowest BCUT2D eigenvalue weighted by Gasteiger charge is -2.25. The van der Waals surface area contributed by atoms with Crippen LogP contribution in [0.5, 0.6) is 0 Å². The molecule has 4 heterocycles. The molecule has 1 aliphatic rings. The summed E-state index contributed by atoms with van der Waals surface area (Å²) in [6, 6.07) is 0. The molecule has 2 amide bonds. The van der Waals surface area contributed by atoms with E-state index in [1.54, 1.807) is 11.0 Å². The molecule has 0 saturated heterocycles. The van der Waals surface area contributed by atoms with Crippen molar-refractivity contribution < 1.29 is 9.59 Å². The number of anilines is 2. The summed E-state index contributed by atoms with van der Waals surface area (Å²) in [6.07, 6.45) is 4.43. The van der Waals surface area contributed by atoms with Gasteiger partial charge < -0.3 is 10.6 Å². The maximum absolute atomic E-state index is 12.2. The van der Waals surface area contributed by atoms with Crippen molar-refractivity contribution in [3.63, 3.8) is 0 Å². The van der Waals surface area contributed by atoms with Crippen LogP contribution in [-0.4, -0.2) is 42.2 Å². The predicted octanol–water partition coefficient (Wildman–Crippen LogP) is 4.11. The first-order valence-electron chi connectivity index (χ1n) is 10.6. The van der Waals surface area contributed by atoms with Gasteiger partial charge in [0, 0.05) is 22.6 Å². The molecule has 4 aromatic heterocycles. The molecule has 0 radical (unpaired) electrons. The highest BCUT2D eigenvalue weighted by Crippen LogP contribution is 2.43. The SMILES string of the molecule is O=C(Cc1cscn1)Nc1nnc(C2CCCC(c3nnc(NC(=O)Cc4cscn4)s3)C2)s1. The van der Waals surface area contributed by atoms with Gasteiger partial charge >= 0.3 is 0 Å². The Morgan fingerprint density at radius 1 is 0.794 bits per heavy atom. The Labute approximate surface area is 210 Å². The van der Waals surface area contributed by atoms with Crippen LogP contribution < -0.4 is 10.6 Å². The summed E-state index contributed by atoms with van der Waals surface area (Å²) < 4.78 is 0. The zero-order chi connectivity index (χ0) is 23.3. The average molecular weight is 533 g/mol. The first-order chi connectivity index (χ1) is 16.6. The fourth-order valence-corrected chi connectivity index (χ4v) is 6.77. The third-order valence-corrected chi connectivity index (χ3v) is 8.67. The first-order valence-corrected chi connectivity index (χ1v) is 14.1. The number of rotatable bonds is 8. The van der Waals surface area contributed by atoms with Gasteiger partial charge in [-0.15, -0.1) is 43.1 Å². The Hall–Kier alpha value is -2.68. The molecule has 10 nitrogen and oxygen atoms in total. The van der Waals surface area contributed by atoms with E-state index in [0.717, 1.165) is 47.1 Å². The minimum absolute atomic E-state index is 0.145. The zero-order valence-corrected chi connectivity index (χ0v) is 21.1. The van der Waals surface area contributed by atoms with Gasteiger partial charge in [-0.2, -0.15) is 0 Å². The van der Waals surface area contributed by atoms with Crippen molar-refractivity contribution in [1.29, 1.82) is 0 Å². The van der Waals surface area contributed by atoms with Crippen LogP contribution in [0.3, 0.4) is 0 Å². The van der Waals surface area contributed by atoms with Crippen molar-refractivity contribution in [2.24, 2.45) is 0 Å². The molecule has 4 aromatic rings. The molecule has 0 spiro atoms. The average Bonchev–Trinajstić information content (AvgIpc) is 3.63.